The molecule has 0 atom stereocenters. The minimum absolute atomic E-state index is 0.185. The minimum Gasteiger partial charge on any atom is -0.480 e. The predicted molar refractivity (Wildman–Crippen MR) is 99.9 cm³/mol. The zero-order valence-corrected chi connectivity index (χ0v) is 15.8. The summed E-state index contributed by atoms with van der Waals surface area (Å²) in [5.41, 5.74) is 1.40. The number of ether oxygens (including phenoxy) is 4. The van der Waals surface area contributed by atoms with Crippen LogP contribution >= 0.6 is 11.3 Å². The maximum atomic E-state index is 12.8. The van der Waals surface area contributed by atoms with E-state index < -0.39 is 0 Å². The number of aromatic nitrogens is 2. The Hall–Kier alpha value is -2.91. The van der Waals surface area contributed by atoms with E-state index in [1.165, 1.54) is 11.3 Å². The van der Waals surface area contributed by atoms with Gasteiger partial charge >= 0.3 is 0 Å². The Kier molecular flexibility index (Phi) is 4.54. The van der Waals surface area contributed by atoms with E-state index in [1.54, 1.807) is 32.4 Å². The summed E-state index contributed by atoms with van der Waals surface area (Å²) in [6.07, 6.45) is 0. The fourth-order valence-electron chi connectivity index (χ4n) is 2.86. The van der Waals surface area contributed by atoms with Crippen LogP contribution in [0.2, 0.25) is 0 Å². The summed E-state index contributed by atoms with van der Waals surface area (Å²) in [5, 5.41) is 3.62. The van der Waals surface area contributed by atoms with Gasteiger partial charge in [0.1, 0.15) is 11.4 Å². The molecule has 0 saturated carbocycles. The molecule has 1 aliphatic rings. The highest BCUT2D eigenvalue weighted by Crippen LogP contribution is 2.37. The van der Waals surface area contributed by atoms with Crippen LogP contribution in [0.4, 0.5) is 5.69 Å². The molecule has 0 saturated heterocycles. The lowest BCUT2D eigenvalue weighted by Crippen LogP contribution is -2.11. The zero-order valence-electron chi connectivity index (χ0n) is 15.0. The average molecular weight is 387 g/mol. The van der Waals surface area contributed by atoms with Crippen molar-refractivity contribution >= 4 is 33.1 Å². The van der Waals surface area contributed by atoms with Gasteiger partial charge in [-0.25, -0.2) is 4.98 Å². The quantitative estimate of drug-likeness (QED) is 0.719. The third-order valence-corrected chi connectivity index (χ3v) is 5.29. The number of nitrogens with zero attached hydrogens (tertiary/aromatic N) is 2. The second-order valence-corrected chi connectivity index (χ2v) is 6.84. The van der Waals surface area contributed by atoms with Crippen LogP contribution in [0.25, 0.3) is 10.2 Å². The molecule has 0 fully saturated rings. The summed E-state index contributed by atoms with van der Waals surface area (Å²) in [6, 6.07) is 5.27. The number of fused-ring (bicyclic) bond motifs is 2. The summed E-state index contributed by atoms with van der Waals surface area (Å²) in [5.74, 6) is 1.98. The predicted octanol–water partition coefficient (Wildman–Crippen LogP) is 3.14. The van der Waals surface area contributed by atoms with Gasteiger partial charge in [0.25, 0.3) is 5.91 Å². The van der Waals surface area contributed by atoms with Crippen molar-refractivity contribution in [2.75, 3.05) is 26.3 Å². The van der Waals surface area contributed by atoms with Crippen molar-refractivity contribution in [1.82, 2.24) is 9.97 Å². The molecule has 9 heteroatoms. The van der Waals surface area contributed by atoms with Gasteiger partial charge < -0.3 is 24.3 Å². The molecule has 0 unspecified atom stereocenters. The van der Waals surface area contributed by atoms with Gasteiger partial charge in [-0.1, -0.05) is 0 Å². The SMILES string of the molecule is COCc1nc(OC)c2c(C)c(C(=O)Nc3ccc4c(c3)OCO4)sc2n1. The van der Waals surface area contributed by atoms with Gasteiger partial charge in [-0.3, -0.25) is 4.79 Å². The van der Waals surface area contributed by atoms with Crippen molar-refractivity contribution in [3.63, 3.8) is 0 Å². The number of benzene rings is 1. The first kappa shape index (κ1) is 17.5. The summed E-state index contributed by atoms with van der Waals surface area (Å²) in [7, 11) is 3.12. The molecule has 1 aliphatic heterocycles. The molecule has 3 heterocycles. The van der Waals surface area contributed by atoms with Gasteiger partial charge in [0.05, 0.1) is 17.4 Å². The second-order valence-electron chi connectivity index (χ2n) is 5.84. The first-order chi connectivity index (χ1) is 13.1. The van der Waals surface area contributed by atoms with Gasteiger partial charge in [-0.15, -0.1) is 11.3 Å². The normalized spacial score (nSPS) is 12.4. The molecule has 0 spiro atoms. The molecule has 1 aromatic carbocycles. The zero-order chi connectivity index (χ0) is 19.0. The molecule has 0 aliphatic carbocycles. The number of carbonyl (C=O) groups is 1. The number of amides is 1. The molecule has 3 aromatic rings. The van der Waals surface area contributed by atoms with E-state index in [-0.39, 0.29) is 19.3 Å². The number of thiophene rings is 1. The lowest BCUT2D eigenvalue weighted by Gasteiger charge is -2.06. The highest BCUT2D eigenvalue weighted by Gasteiger charge is 2.22. The molecule has 140 valence electrons. The van der Waals surface area contributed by atoms with Crippen molar-refractivity contribution in [3.8, 4) is 17.4 Å². The third-order valence-electron chi connectivity index (χ3n) is 4.11. The number of hydrogen-bond donors (Lipinski definition) is 1. The van der Waals surface area contributed by atoms with E-state index >= 15 is 0 Å². The van der Waals surface area contributed by atoms with Crippen LogP contribution in [-0.4, -0.2) is 36.9 Å². The van der Waals surface area contributed by atoms with Gasteiger partial charge in [-0.2, -0.15) is 4.98 Å². The first-order valence-corrected chi connectivity index (χ1v) is 8.96. The van der Waals surface area contributed by atoms with Crippen LogP contribution < -0.4 is 19.5 Å². The number of aryl methyl sites for hydroxylation is 1. The van der Waals surface area contributed by atoms with Crippen molar-refractivity contribution in [3.05, 3.63) is 34.5 Å². The third kappa shape index (κ3) is 3.15. The van der Waals surface area contributed by atoms with Crippen molar-refractivity contribution < 1.29 is 23.7 Å². The number of anilines is 1. The standard InChI is InChI=1S/C18H17N3O5S/c1-9-14-17(24-3)20-13(7-23-2)21-18(14)27-15(9)16(22)19-10-4-5-11-12(6-10)26-8-25-11/h4-6H,7-8H2,1-3H3,(H,19,22). The van der Waals surface area contributed by atoms with Gasteiger partial charge in [-0.05, 0) is 24.6 Å². The summed E-state index contributed by atoms with van der Waals surface area (Å²) in [4.78, 5) is 22.9. The molecule has 4 rings (SSSR count). The summed E-state index contributed by atoms with van der Waals surface area (Å²) in [6.45, 7) is 2.31. The second kappa shape index (κ2) is 7.01. The number of rotatable bonds is 5. The molecule has 0 bridgehead atoms. The van der Waals surface area contributed by atoms with Crippen LogP contribution in [0.1, 0.15) is 21.1 Å². The Morgan fingerprint density at radius 1 is 1.26 bits per heavy atom. The number of methoxy groups -OCH3 is 2. The van der Waals surface area contributed by atoms with Gasteiger partial charge in [0.2, 0.25) is 12.7 Å². The molecule has 27 heavy (non-hydrogen) atoms. The lowest BCUT2D eigenvalue weighted by atomic mass is 10.2. The lowest BCUT2D eigenvalue weighted by molar-refractivity contribution is 0.103. The van der Waals surface area contributed by atoms with Crippen LogP contribution in [0.3, 0.4) is 0 Å². The van der Waals surface area contributed by atoms with Crippen LogP contribution in [0.15, 0.2) is 18.2 Å². The van der Waals surface area contributed by atoms with E-state index in [2.05, 4.69) is 15.3 Å². The maximum Gasteiger partial charge on any atom is 0.266 e. The molecule has 0 radical (unpaired) electrons. The van der Waals surface area contributed by atoms with Crippen LogP contribution in [-0.2, 0) is 11.3 Å². The minimum atomic E-state index is -0.232. The fourth-order valence-corrected chi connectivity index (χ4v) is 3.95. The molecular formula is C18H17N3O5S. The Labute approximate surface area is 159 Å². The highest BCUT2D eigenvalue weighted by atomic mass is 32.1. The Morgan fingerprint density at radius 3 is 2.85 bits per heavy atom. The average Bonchev–Trinajstić information content (AvgIpc) is 3.25. The van der Waals surface area contributed by atoms with Crippen molar-refractivity contribution in [1.29, 1.82) is 0 Å². The molecule has 2 aromatic heterocycles. The van der Waals surface area contributed by atoms with Crippen molar-refractivity contribution in [2.45, 2.75) is 13.5 Å². The molecular weight excluding hydrogens is 370 g/mol. The summed E-state index contributed by atoms with van der Waals surface area (Å²) < 4.78 is 21.1. The molecule has 1 N–H and O–H groups in total. The Balaban J connectivity index is 1.68. The number of hydrogen-bond acceptors (Lipinski definition) is 8. The van der Waals surface area contributed by atoms with E-state index in [4.69, 9.17) is 18.9 Å². The fraction of sp³-hybridized carbons (Fsp3) is 0.278. The number of nitrogens with one attached hydrogen (secondary N) is 1. The molecule has 1 amide bonds. The topological polar surface area (TPSA) is 91.8 Å². The van der Waals surface area contributed by atoms with Gasteiger partial charge in [0.15, 0.2) is 17.3 Å². The van der Waals surface area contributed by atoms with Crippen LogP contribution in [0, 0.1) is 6.92 Å². The van der Waals surface area contributed by atoms with E-state index in [9.17, 15) is 4.79 Å². The van der Waals surface area contributed by atoms with Gasteiger partial charge in [0, 0.05) is 18.9 Å². The maximum absolute atomic E-state index is 12.8. The summed E-state index contributed by atoms with van der Waals surface area (Å²) >= 11 is 1.29. The smallest absolute Gasteiger partial charge is 0.266 e. The number of carbonyl (C=O) groups excluding carboxylic acids is 1. The Morgan fingerprint density at radius 2 is 2.07 bits per heavy atom. The first-order valence-electron chi connectivity index (χ1n) is 8.14. The highest BCUT2D eigenvalue weighted by molar-refractivity contribution is 7.20. The Bertz CT molecular complexity index is 1030. The van der Waals surface area contributed by atoms with Crippen LogP contribution in [0.5, 0.6) is 17.4 Å². The van der Waals surface area contributed by atoms with E-state index in [1.807, 2.05) is 6.92 Å². The largest absolute Gasteiger partial charge is 0.480 e. The van der Waals surface area contributed by atoms with Crippen molar-refractivity contribution in [2.24, 2.45) is 0 Å². The molecule has 8 nitrogen and oxygen atoms in total. The van der Waals surface area contributed by atoms with E-state index in [0.717, 1.165) is 10.9 Å². The monoisotopic (exact) mass is 387 g/mol. The van der Waals surface area contributed by atoms with E-state index in [0.29, 0.717) is 38.6 Å².